The number of esters is 1. The molecule has 0 heterocycles. The maximum Gasteiger partial charge on any atom is 0.337 e. The SMILES string of the molecule is COC(=O)c1ccc(S(=O)(=O)NC2CCCCC2CN)c(OC)c1.Cl. The van der Waals surface area contributed by atoms with Gasteiger partial charge in [-0.1, -0.05) is 12.8 Å². The monoisotopic (exact) mass is 392 g/mol. The molecule has 0 aromatic heterocycles. The fourth-order valence-corrected chi connectivity index (χ4v) is 4.53. The number of methoxy groups -OCH3 is 2. The summed E-state index contributed by atoms with van der Waals surface area (Å²) in [6.07, 6.45) is 3.73. The minimum atomic E-state index is -3.78. The summed E-state index contributed by atoms with van der Waals surface area (Å²) in [7, 11) is -1.16. The van der Waals surface area contributed by atoms with E-state index in [0.717, 1.165) is 25.7 Å². The van der Waals surface area contributed by atoms with E-state index in [0.29, 0.717) is 6.54 Å². The van der Waals surface area contributed by atoms with E-state index in [1.54, 1.807) is 0 Å². The van der Waals surface area contributed by atoms with Gasteiger partial charge in [-0.2, -0.15) is 0 Å². The van der Waals surface area contributed by atoms with E-state index in [4.69, 9.17) is 10.5 Å². The molecule has 0 aliphatic heterocycles. The molecule has 1 aromatic rings. The second-order valence-electron chi connectivity index (χ2n) is 5.87. The Morgan fingerprint density at radius 3 is 2.56 bits per heavy atom. The van der Waals surface area contributed by atoms with Crippen molar-refractivity contribution in [1.82, 2.24) is 4.72 Å². The second kappa shape index (κ2) is 9.38. The van der Waals surface area contributed by atoms with Crippen molar-refractivity contribution in [2.24, 2.45) is 11.7 Å². The Kier molecular flexibility index (Phi) is 8.14. The first-order valence-corrected chi connectivity index (χ1v) is 9.40. The number of ether oxygens (including phenoxy) is 2. The van der Waals surface area contributed by atoms with Gasteiger partial charge in [0.2, 0.25) is 10.0 Å². The van der Waals surface area contributed by atoms with E-state index in [9.17, 15) is 13.2 Å². The zero-order valence-corrected chi connectivity index (χ0v) is 16.0. The Hall–Kier alpha value is -1.35. The molecule has 0 bridgehead atoms. The van der Waals surface area contributed by atoms with Gasteiger partial charge in [-0.05, 0) is 43.5 Å². The molecule has 1 fully saturated rings. The lowest BCUT2D eigenvalue weighted by atomic mass is 9.85. The lowest BCUT2D eigenvalue weighted by Gasteiger charge is -2.31. The average Bonchev–Trinajstić information content (AvgIpc) is 2.60. The molecule has 0 spiro atoms. The number of nitrogens with two attached hydrogens (primary N) is 1. The Balaban J connectivity index is 0.00000312. The van der Waals surface area contributed by atoms with Crippen molar-refractivity contribution in [3.63, 3.8) is 0 Å². The van der Waals surface area contributed by atoms with Gasteiger partial charge in [0.1, 0.15) is 10.6 Å². The predicted molar refractivity (Wildman–Crippen MR) is 96.7 cm³/mol. The van der Waals surface area contributed by atoms with Crippen LogP contribution in [0.1, 0.15) is 36.0 Å². The minimum Gasteiger partial charge on any atom is -0.495 e. The van der Waals surface area contributed by atoms with Crippen LogP contribution in [0.25, 0.3) is 0 Å². The molecule has 1 aliphatic rings. The van der Waals surface area contributed by atoms with Crippen LogP contribution in [0, 0.1) is 5.92 Å². The fourth-order valence-electron chi connectivity index (χ4n) is 3.04. The van der Waals surface area contributed by atoms with Gasteiger partial charge in [0.25, 0.3) is 0 Å². The van der Waals surface area contributed by atoms with Gasteiger partial charge >= 0.3 is 5.97 Å². The molecule has 2 rings (SSSR count). The van der Waals surface area contributed by atoms with Crippen LogP contribution in [-0.2, 0) is 14.8 Å². The fraction of sp³-hybridized carbons (Fsp3) is 0.562. The van der Waals surface area contributed by atoms with Crippen molar-refractivity contribution in [2.75, 3.05) is 20.8 Å². The highest BCUT2D eigenvalue weighted by atomic mass is 35.5. The largest absolute Gasteiger partial charge is 0.495 e. The van der Waals surface area contributed by atoms with Gasteiger partial charge in [-0.15, -0.1) is 12.4 Å². The number of hydrogen-bond donors (Lipinski definition) is 2. The third kappa shape index (κ3) is 5.07. The third-order valence-electron chi connectivity index (χ3n) is 4.39. The highest BCUT2D eigenvalue weighted by molar-refractivity contribution is 7.89. The molecule has 2 unspecified atom stereocenters. The van der Waals surface area contributed by atoms with Crippen molar-refractivity contribution in [3.8, 4) is 5.75 Å². The highest BCUT2D eigenvalue weighted by Gasteiger charge is 2.30. The number of sulfonamides is 1. The minimum absolute atomic E-state index is 0. The van der Waals surface area contributed by atoms with Crippen LogP contribution >= 0.6 is 12.4 Å². The molecule has 142 valence electrons. The number of carbonyl (C=O) groups is 1. The first-order chi connectivity index (χ1) is 11.4. The number of carbonyl (C=O) groups excluding carboxylic acids is 1. The molecule has 2 atom stereocenters. The van der Waals surface area contributed by atoms with Crippen LogP contribution in [0.15, 0.2) is 23.1 Å². The van der Waals surface area contributed by atoms with Crippen LogP contribution in [0.2, 0.25) is 0 Å². The summed E-state index contributed by atoms with van der Waals surface area (Å²) in [5, 5.41) is 0. The number of hydrogen-bond acceptors (Lipinski definition) is 6. The van der Waals surface area contributed by atoms with Gasteiger partial charge in [-0.25, -0.2) is 17.9 Å². The van der Waals surface area contributed by atoms with Crippen molar-refractivity contribution < 1.29 is 22.7 Å². The molecule has 3 N–H and O–H groups in total. The van der Waals surface area contributed by atoms with E-state index in [1.165, 1.54) is 32.4 Å². The molecular formula is C16H25ClN2O5S. The lowest BCUT2D eigenvalue weighted by Crippen LogP contribution is -2.44. The molecule has 0 amide bonds. The molecule has 9 heteroatoms. The first kappa shape index (κ1) is 21.7. The van der Waals surface area contributed by atoms with Crippen molar-refractivity contribution in [2.45, 2.75) is 36.6 Å². The number of nitrogens with one attached hydrogen (secondary N) is 1. The molecule has 25 heavy (non-hydrogen) atoms. The normalized spacial score (nSPS) is 20.4. The molecule has 1 aromatic carbocycles. The number of rotatable bonds is 6. The smallest absolute Gasteiger partial charge is 0.337 e. The van der Waals surface area contributed by atoms with Crippen molar-refractivity contribution >= 4 is 28.4 Å². The quantitative estimate of drug-likeness (QED) is 0.713. The second-order valence-corrected chi connectivity index (χ2v) is 7.55. The standard InChI is InChI=1S/C16H24N2O5S.ClH/c1-22-14-9-11(16(19)23-2)7-8-15(14)24(20,21)18-13-6-4-3-5-12(13)10-17;/h7-9,12-13,18H,3-6,10,17H2,1-2H3;1H. The molecule has 0 radical (unpaired) electrons. The molecule has 7 nitrogen and oxygen atoms in total. The van der Waals surface area contributed by atoms with Crippen molar-refractivity contribution in [3.05, 3.63) is 23.8 Å². The van der Waals surface area contributed by atoms with Crippen LogP contribution in [0.5, 0.6) is 5.75 Å². The summed E-state index contributed by atoms with van der Waals surface area (Å²) in [6.45, 7) is 0.450. The zero-order valence-electron chi connectivity index (χ0n) is 14.4. The van der Waals surface area contributed by atoms with Gasteiger partial charge in [0.15, 0.2) is 0 Å². The zero-order chi connectivity index (χ0) is 17.7. The van der Waals surface area contributed by atoms with Gasteiger partial charge < -0.3 is 15.2 Å². The highest BCUT2D eigenvalue weighted by Crippen LogP contribution is 2.29. The number of halogens is 1. The molecule has 1 aliphatic carbocycles. The molecule has 1 saturated carbocycles. The molecular weight excluding hydrogens is 368 g/mol. The summed E-state index contributed by atoms with van der Waals surface area (Å²) in [5.41, 5.74) is 5.99. The average molecular weight is 393 g/mol. The number of benzene rings is 1. The lowest BCUT2D eigenvalue weighted by molar-refractivity contribution is 0.0600. The van der Waals surface area contributed by atoms with E-state index in [1.807, 2.05) is 0 Å². The maximum absolute atomic E-state index is 12.7. The van der Waals surface area contributed by atoms with Crippen LogP contribution in [0.3, 0.4) is 0 Å². The van der Waals surface area contributed by atoms with E-state index in [-0.39, 0.29) is 40.6 Å². The summed E-state index contributed by atoms with van der Waals surface area (Å²) in [6, 6.07) is 3.94. The first-order valence-electron chi connectivity index (χ1n) is 7.91. The third-order valence-corrected chi connectivity index (χ3v) is 5.92. The van der Waals surface area contributed by atoms with E-state index in [2.05, 4.69) is 9.46 Å². The Labute approximate surface area is 154 Å². The topological polar surface area (TPSA) is 108 Å². The van der Waals surface area contributed by atoms with Gasteiger partial charge in [0.05, 0.1) is 19.8 Å². The van der Waals surface area contributed by atoms with E-state index >= 15 is 0 Å². The van der Waals surface area contributed by atoms with Crippen LogP contribution < -0.4 is 15.2 Å². The Morgan fingerprint density at radius 2 is 1.96 bits per heavy atom. The van der Waals surface area contributed by atoms with Gasteiger partial charge in [-0.3, -0.25) is 0 Å². The van der Waals surface area contributed by atoms with Gasteiger partial charge in [0, 0.05) is 6.04 Å². The summed E-state index contributed by atoms with van der Waals surface area (Å²) in [4.78, 5) is 11.6. The molecule has 0 saturated heterocycles. The van der Waals surface area contributed by atoms with Crippen LogP contribution in [0.4, 0.5) is 0 Å². The Morgan fingerprint density at radius 1 is 1.28 bits per heavy atom. The maximum atomic E-state index is 12.7. The van der Waals surface area contributed by atoms with Crippen LogP contribution in [-0.4, -0.2) is 41.2 Å². The summed E-state index contributed by atoms with van der Waals surface area (Å²) >= 11 is 0. The predicted octanol–water partition coefficient (Wildman–Crippen LogP) is 1.70. The summed E-state index contributed by atoms with van der Waals surface area (Å²) < 4.78 is 38.0. The summed E-state index contributed by atoms with van der Waals surface area (Å²) in [5.74, 6) is -0.319. The Bertz CT molecular complexity index is 696. The van der Waals surface area contributed by atoms with E-state index < -0.39 is 16.0 Å². The van der Waals surface area contributed by atoms with Crippen molar-refractivity contribution in [1.29, 1.82) is 0 Å².